The molecule has 1 aliphatic rings. The molecule has 2 N–H and O–H groups in total. The van der Waals surface area contributed by atoms with Gasteiger partial charge in [-0.3, -0.25) is 4.79 Å². The van der Waals surface area contributed by atoms with Gasteiger partial charge in [-0.2, -0.15) is 4.98 Å². The number of nitrogens with one attached hydrogen (secondary N) is 2. The van der Waals surface area contributed by atoms with Gasteiger partial charge >= 0.3 is 0 Å². The number of thiophene rings is 1. The van der Waals surface area contributed by atoms with Crippen LogP contribution in [0.15, 0.2) is 77.3 Å². The van der Waals surface area contributed by atoms with Gasteiger partial charge < -0.3 is 15.4 Å². The minimum atomic E-state index is -0.445. The number of benzene rings is 2. The SMILES string of the molecule is COc1ccccc1NC(=O)C1=C(C)Nc2nc(-c3ccccc3Cl)nn2[C@H]1c1cccs1. The zero-order chi connectivity index (χ0) is 22.9. The minimum absolute atomic E-state index is 0.247. The Kier molecular flexibility index (Phi) is 5.62. The summed E-state index contributed by atoms with van der Waals surface area (Å²) in [7, 11) is 1.57. The van der Waals surface area contributed by atoms with Gasteiger partial charge in [0.15, 0.2) is 5.82 Å². The number of fused-ring (bicyclic) bond motifs is 1. The Balaban J connectivity index is 1.58. The van der Waals surface area contributed by atoms with E-state index in [2.05, 4.69) is 15.6 Å². The Morgan fingerprint density at radius 1 is 1.15 bits per heavy atom. The molecule has 33 heavy (non-hydrogen) atoms. The highest BCUT2D eigenvalue weighted by Gasteiger charge is 2.35. The van der Waals surface area contributed by atoms with Crippen molar-refractivity contribution < 1.29 is 9.53 Å². The molecule has 0 aliphatic carbocycles. The van der Waals surface area contributed by atoms with E-state index >= 15 is 0 Å². The number of hydrogen-bond donors (Lipinski definition) is 2. The summed E-state index contributed by atoms with van der Waals surface area (Å²) in [6.07, 6.45) is 0. The second-order valence-corrected chi connectivity index (χ2v) is 8.81. The van der Waals surface area contributed by atoms with Gasteiger partial charge in [-0.1, -0.05) is 41.9 Å². The topological polar surface area (TPSA) is 81.1 Å². The fraction of sp³-hybridized carbons (Fsp3) is 0.125. The van der Waals surface area contributed by atoms with Crippen LogP contribution in [0.3, 0.4) is 0 Å². The van der Waals surface area contributed by atoms with E-state index in [-0.39, 0.29) is 5.91 Å². The molecular weight excluding hydrogens is 458 g/mol. The number of para-hydroxylation sites is 2. The van der Waals surface area contributed by atoms with Crippen LogP contribution in [0.25, 0.3) is 11.4 Å². The molecule has 7 nitrogen and oxygen atoms in total. The van der Waals surface area contributed by atoms with Gasteiger partial charge in [-0.25, -0.2) is 4.68 Å². The Morgan fingerprint density at radius 3 is 2.70 bits per heavy atom. The summed E-state index contributed by atoms with van der Waals surface area (Å²) in [5.41, 5.74) is 2.57. The third kappa shape index (κ3) is 3.88. The van der Waals surface area contributed by atoms with Crippen LogP contribution >= 0.6 is 22.9 Å². The van der Waals surface area contributed by atoms with E-state index in [0.717, 1.165) is 10.4 Å². The monoisotopic (exact) mass is 477 g/mol. The van der Waals surface area contributed by atoms with Gasteiger partial charge in [-0.05, 0) is 42.6 Å². The quantitative estimate of drug-likeness (QED) is 0.391. The molecule has 0 saturated heterocycles. The molecule has 9 heteroatoms. The van der Waals surface area contributed by atoms with E-state index in [4.69, 9.17) is 21.4 Å². The first-order valence-electron chi connectivity index (χ1n) is 10.2. The Labute approximate surface area is 199 Å². The number of ether oxygens (including phenoxy) is 1. The third-order valence-electron chi connectivity index (χ3n) is 5.38. The predicted molar refractivity (Wildman–Crippen MR) is 131 cm³/mol. The number of rotatable bonds is 5. The number of methoxy groups -OCH3 is 1. The summed E-state index contributed by atoms with van der Waals surface area (Å²) in [6, 6.07) is 18.2. The molecule has 0 radical (unpaired) electrons. The Hall–Kier alpha value is -3.62. The average molecular weight is 478 g/mol. The van der Waals surface area contributed by atoms with Gasteiger partial charge in [0.25, 0.3) is 5.91 Å². The van der Waals surface area contributed by atoms with Crippen LogP contribution in [0, 0.1) is 0 Å². The molecule has 1 atom stereocenters. The van der Waals surface area contributed by atoms with E-state index in [0.29, 0.717) is 39.5 Å². The van der Waals surface area contributed by atoms with Crippen molar-refractivity contribution in [2.45, 2.75) is 13.0 Å². The maximum Gasteiger partial charge on any atom is 0.256 e. The summed E-state index contributed by atoms with van der Waals surface area (Å²) in [6.45, 7) is 1.87. The van der Waals surface area contributed by atoms with Crippen LogP contribution in [-0.4, -0.2) is 27.8 Å². The number of halogens is 1. The zero-order valence-electron chi connectivity index (χ0n) is 17.9. The summed E-state index contributed by atoms with van der Waals surface area (Å²) >= 11 is 7.95. The Bertz CT molecular complexity index is 1360. The number of carbonyl (C=O) groups excluding carboxylic acids is 1. The molecule has 166 valence electrons. The van der Waals surface area contributed by atoms with E-state index < -0.39 is 6.04 Å². The summed E-state index contributed by atoms with van der Waals surface area (Å²) in [4.78, 5) is 19.2. The van der Waals surface area contributed by atoms with Gasteiger partial charge in [0, 0.05) is 16.1 Å². The first-order chi connectivity index (χ1) is 16.1. The molecule has 1 aliphatic heterocycles. The summed E-state index contributed by atoms with van der Waals surface area (Å²) < 4.78 is 7.14. The molecule has 5 rings (SSSR count). The maximum atomic E-state index is 13.5. The lowest BCUT2D eigenvalue weighted by molar-refractivity contribution is -0.113. The second-order valence-electron chi connectivity index (χ2n) is 7.42. The lowest BCUT2D eigenvalue weighted by Gasteiger charge is -2.27. The van der Waals surface area contributed by atoms with E-state index in [1.165, 1.54) is 0 Å². The predicted octanol–water partition coefficient (Wildman–Crippen LogP) is 5.60. The molecule has 2 aromatic heterocycles. The van der Waals surface area contributed by atoms with Crippen LogP contribution in [0.1, 0.15) is 17.8 Å². The van der Waals surface area contributed by atoms with Crippen molar-refractivity contribution in [2.75, 3.05) is 17.7 Å². The molecule has 0 spiro atoms. The number of nitrogens with zero attached hydrogens (tertiary/aromatic N) is 3. The highest BCUT2D eigenvalue weighted by atomic mass is 35.5. The van der Waals surface area contributed by atoms with Crippen LogP contribution < -0.4 is 15.4 Å². The Morgan fingerprint density at radius 2 is 1.94 bits per heavy atom. The van der Waals surface area contributed by atoms with Crippen molar-refractivity contribution in [3.8, 4) is 17.1 Å². The molecule has 4 aromatic rings. The van der Waals surface area contributed by atoms with Gasteiger partial charge in [0.05, 0.1) is 23.4 Å². The van der Waals surface area contributed by atoms with Crippen LogP contribution in [0.5, 0.6) is 5.75 Å². The molecule has 2 aromatic carbocycles. The minimum Gasteiger partial charge on any atom is -0.495 e. The fourth-order valence-electron chi connectivity index (χ4n) is 3.85. The first kappa shape index (κ1) is 21.2. The average Bonchev–Trinajstić information content (AvgIpc) is 3.49. The number of aromatic nitrogens is 3. The molecule has 0 fully saturated rings. The number of allylic oxidation sites excluding steroid dienone is 1. The van der Waals surface area contributed by atoms with E-state index in [9.17, 15) is 4.79 Å². The number of anilines is 2. The number of amides is 1. The zero-order valence-corrected chi connectivity index (χ0v) is 19.4. The molecule has 0 saturated carbocycles. The fourth-order valence-corrected chi connectivity index (χ4v) is 4.89. The first-order valence-corrected chi connectivity index (χ1v) is 11.5. The van der Waals surface area contributed by atoms with Crippen molar-refractivity contribution in [2.24, 2.45) is 0 Å². The molecule has 0 bridgehead atoms. The van der Waals surface area contributed by atoms with Crippen molar-refractivity contribution in [3.05, 3.63) is 87.2 Å². The molecule has 0 unspecified atom stereocenters. The maximum absolute atomic E-state index is 13.5. The standard InChI is InChI=1S/C24H20ClN5O2S/c1-14-20(23(31)27-17-10-5-6-11-18(17)32-2)21(19-12-7-13-33-19)30-24(26-14)28-22(29-30)15-8-3-4-9-16(15)25/h3-13,21H,1-2H3,(H,27,31)(H,26,28,29)/t21-/m0/s1. The van der Waals surface area contributed by atoms with Gasteiger partial charge in [-0.15, -0.1) is 16.4 Å². The lowest BCUT2D eigenvalue weighted by Crippen LogP contribution is -2.31. The molecule has 3 heterocycles. The van der Waals surface area contributed by atoms with Gasteiger partial charge in [0.2, 0.25) is 5.95 Å². The van der Waals surface area contributed by atoms with Crippen molar-refractivity contribution in [1.29, 1.82) is 0 Å². The van der Waals surface area contributed by atoms with Crippen molar-refractivity contribution in [3.63, 3.8) is 0 Å². The van der Waals surface area contributed by atoms with E-state index in [1.807, 2.05) is 54.8 Å². The summed E-state index contributed by atoms with van der Waals surface area (Å²) in [5.74, 6) is 1.38. The lowest BCUT2D eigenvalue weighted by atomic mass is 10.0. The highest BCUT2D eigenvalue weighted by molar-refractivity contribution is 7.10. The van der Waals surface area contributed by atoms with Crippen molar-refractivity contribution >= 4 is 40.5 Å². The van der Waals surface area contributed by atoms with Crippen molar-refractivity contribution in [1.82, 2.24) is 14.8 Å². The highest BCUT2D eigenvalue weighted by Crippen LogP contribution is 2.39. The third-order valence-corrected chi connectivity index (χ3v) is 6.63. The summed E-state index contributed by atoms with van der Waals surface area (Å²) in [5, 5.41) is 13.5. The largest absolute Gasteiger partial charge is 0.495 e. The number of carbonyl (C=O) groups is 1. The normalized spacial score (nSPS) is 15.1. The van der Waals surface area contributed by atoms with Crippen LogP contribution in [0.4, 0.5) is 11.6 Å². The second kappa shape index (κ2) is 8.73. The molecule has 1 amide bonds. The van der Waals surface area contributed by atoms with Gasteiger partial charge in [0.1, 0.15) is 11.8 Å². The van der Waals surface area contributed by atoms with Crippen LogP contribution in [-0.2, 0) is 4.79 Å². The molecular formula is C24H20ClN5O2S. The van der Waals surface area contributed by atoms with E-state index in [1.54, 1.807) is 41.3 Å². The smallest absolute Gasteiger partial charge is 0.256 e. The van der Waals surface area contributed by atoms with Crippen LogP contribution in [0.2, 0.25) is 5.02 Å². The number of hydrogen-bond acceptors (Lipinski definition) is 6.